The summed E-state index contributed by atoms with van der Waals surface area (Å²) < 4.78 is 3.65. The molecule has 1 saturated heterocycles. The summed E-state index contributed by atoms with van der Waals surface area (Å²) in [6.45, 7) is 6.97. The summed E-state index contributed by atoms with van der Waals surface area (Å²) in [7, 11) is 0. The van der Waals surface area contributed by atoms with Gasteiger partial charge in [0.2, 0.25) is 0 Å². The highest BCUT2D eigenvalue weighted by Gasteiger charge is 2.57. The van der Waals surface area contributed by atoms with Gasteiger partial charge in [0, 0.05) is 23.4 Å². The van der Waals surface area contributed by atoms with Gasteiger partial charge >= 0.3 is 5.97 Å². The topological polar surface area (TPSA) is 85.8 Å². The highest BCUT2D eigenvalue weighted by atomic mass is 32.1. The Labute approximate surface area is 203 Å². The van der Waals surface area contributed by atoms with E-state index < -0.39 is 5.97 Å². The van der Waals surface area contributed by atoms with E-state index in [1.807, 2.05) is 24.3 Å². The van der Waals surface area contributed by atoms with Crippen molar-refractivity contribution in [2.24, 2.45) is 0 Å². The number of para-hydroxylation sites is 1. The van der Waals surface area contributed by atoms with E-state index >= 15 is 0 Å². The van der Waals surface area contributed by atoms with Crippen molar-refractivity contribution in [3.05, 3.63) is 63.1 Å². The SMILES string of the molecule is Cc1cccc(C)c1[N+]1(CCCCNc2cccc(-n3c(=S)[nH][nH]c3=S)c2)CC1CC(=O)O. The maximum absolute atomic E-state index is 11.4. The average molecular weight is 485 g/mol. The summed E-state index contributed by atoms with van der Waals surface area (Å²) in [5.41, 5.74) is 5.73. The molecule has 33 heavy (non-hydrogen) atoms. The molecule has 0 radical (unpaired) electrons. The van der Waals surface area contributed by atoms with E-state index in [0.717, 1.165) is 48.3 Å². The van der Waals surface area contributed by atoms with Crippen LogP contribution in [0.5, 0.6) is 0 Å². The second-order valence-electron chi connectivity index (χ2n) is 8.81. The predicted octanol–water partition coefficient (Wildman–Crippen LogP) is 5.27. The van der Waals surface area contributed by atoms with Gasteiger partial charge in [0.15, 0.2) is 15.6 Å². The molecule has 0 aliphatic carbocycles. The molecule has 1 fully saturated rings. The lowest BCUT2D eigenvalue weighted by Crippen LogP contribution is -2.33. The summed E-state index contributed by atoms with van der Waals surface area (Å²) in [6, 6.07) is 14.5. The fourth-order valence-corrected chi connectivity index (χ4v) is 5.54. The van der Waals surface area contributed by atoms with Crippen LogP contribution < -0.4 is 9.80 Å². The zero-order valence-electron chi connectivity index (χ0n) is 18.9. The molecule has 7 nitrogen and oxygen atoms in total. The molecular formula is C24H30N5O2S2+. The number of aryl methyl sites for hydroxylation is 2. The summed E-state index contributed by atoms with van der Waals surface area (Å²) in [5.74, 6) is -0.713. The smallest absolute Gasteiger partial charge is 0.309 e. The first-order chi connectivity index (χ1) is 15.8. The number of aromatic nitrogens is 3. The highest BCUT2D eigenvalue weighted by Crippen LogP contribution is 2.44. The lowest BCUT2D eigenvalue weighted by atomic mass is 10.1. The van der Waals surface area contributed by atoms with E-state index in [-0.39, 0.29) is 12.5 Å². The lowest BCUT2D eigenvalue weighted by molar-refractivity contribution is -0.137. The molecule has 9 heteroatoms. The number of hydrogen-bond donors (Lipinski definition) is 4. The first kappa shape index (κ1) is 23.4. The van der Waals surface area contributed by atoms with Gasteiger partial charge in [-0.3, -0.25) is 24.0 Å². The summed E-state index contributed by atoms with van der Waals surface area (Å²) in [4.78, 5) is 11.4. The number of H-pyrrole nitrogens is 2. The van der Waals surface area contributed by atoms with E-state index in [1.54, 1.807) is 4.57 Å². The third-order valence-electron chi connectivity index (χ3n) is 6.50. The van der Waals surface area contributed by atoms with Crippen molar-refractivity contribution in [1.82, 2.24) is 19.2 Å². The number of rotatable bonds is 10. The quantitative estimate of drug-likeness (QED) is 0.136. The van der Waals surface area contributed by atoms with Crippen LogP contribution in [0.1, 0.15) is 30.4 Å². The number of benzene rings is 2. The zero-order chi connectivity index (χ0) is 23.6. The van der Waals surface area contributed by atoms with E-state index in [0.29, 0.717) is 9.54 Å². The summed E-state index contributed by atoms with van der Waals surface area (Å²) >= 11 is 10.6. The van der Waals surface area contributed by atoms with Crippen molar-refractivity contribution in [3.8, 4) is 5.69 Å². The molecule has 0 spiro atoms. The molecule has 0 amide bonds. The van der Waals surface area contributed by atoms with Crippen LogP contribution in [0.4, 0.5) is 11.4 Å². The lowest BCUT2D eigenvalue weighted by Gasteiger charge is -2.24. The molecule has 2 aromatic carbocycles. The fraction of sp³-hybridized carbons (Fsp3) is 0.375. The Morgan fingerprint density at radius 2 is 1.79 bits per heavy atom. The van der Waals surface area contributed by atoms with Crippen LogP contribution in [-0.4, -0.2) is 51.5 Å². The predicted molar refractivity (Wildman–Crippen MR) is 137 cm³/mol. The van der Waals surface area contributed by atoms with Gasteiger partial charge in [-0.25, -0.2) is 0 Å². The van der Waals surface area contributed by atoms with Gasteiger partial charge in [-0.1, -0.05) is 24.3 Å². The van der Waals surface area contributed by atoms with E-state index in [9.17, 15) is 9.90 Å². The number of hydrogen-bond acceptors (Lipinski definition) is 4. The van der Waals surface area contributed by atoms with Crippen LogP contribution in [0.15, 0.2) is 42.5 Å². The monoisotopic (exact) mass is 484 g/mol. The molecule has 2 atom stereocenters. The number of carboxylic acids is 1. The van der Waals surface area contributed by atoms with Gasteiger partial charge in [-0.15, -0.1) is 0 Å². The number of anilines is 1. The number of nitrogens with zero attached hydrogens (tertiary/aromatic N) is 2. The molecule has 0 saturated carbocycles. The Morgan fingerprint density at radius 1 is 1.12 bits per heavy atom. The molecule has 3 aromatic rings. The van der Waals surface area contributed by atoms with Gasteiger partial charge in [0.05, 0.1) is 12.2 Å². The van der Waals surface area contributed by atoms with Gasteiger partial charge in [0.1, 0.15) is 18.7 Å². The first-order valence-electron chi connectivity index (χ1n) is 11.2. The van der Waals surface area contributed by atoms with Crippen molar-refractivity contribution < 1.29 is 9.90 Å². The minimum atomic E-state index is -0.713. The molecule has 2 unspecified atom stereocenters. The van der Waals surface area contributed by atoms with Crippen molar-refractivity contribution >= 4 is 41.8 Å². The van der Waals surface area contributed by atoms with Crippen molar-refractivity contribution in [3.63, 3.8) is 0 Å². The molecule has 1 aliphatic heterocycles. The molecule has 4 N–H and O–H groups in total. The third-order valence-corrected chi connectivity index (χ3v) is 7.07. The fourth-order valence-electron chi connectivity index (χ4n) is 4.99. The standard InChI is InChI=1S/C24H29N5O2S2/c1-16-7-5-8-17(2)22(16)29(15-20(29)14-21(30)31)12-4-3-11-25-18-9-6-10-19(13-18)28-23(32)26-27-24(28)33/h5-10,13,20,25H,3-4,11-12,14-15H2,1-2H3,(H2-,26,27,30,31,32,33)/p+1. The van der Waals surface area contributed by atoms with Crippen LogP contribution >= 0.6 is 24.4 Å². The number of unbranched alkanes of at least 4 members (excludes halogenated alkanes) is 1. The van der Waals surface area contributed by atoms with Gasteiger partial charge in [0.25, 0.3) is 0 Å². The van der Waals surface area contributed by atoms with Gasteiger partial charge in [-0.2, -0.15) is 0 Å². The summed E-state index contributed by atoms with van der Waals surface area (Å²) in [5, 5.41) is 18.6. The minimum absolute atomic E-state index is 0.169. The number of carbonyl (C=O) groups is 1. The Hall–Kier alpha value is -2.75. The first-order valence-corrected chi connectivity index (χ1v) is 12.0. The van der Waals surface area contributed by atoms with Crippen molar-refractivity contribution in [2.45, 2.75) is 39.2 Å². The Bertz CT molecular complexity index is 1230. The molecule has 4 rings (SSSR count). The number of carboxylic acid groups (broad SMARTS) is 1. The Balaban J connectivity index is 1.38. The van der Waals surface area contributed by atoms with E-state index in [1.165, 1.54) is 16.8 Å². The maximum atomic E-state index is 11.4. The second-order valence-corrected chi connectivity index (χ2v) is 9.59. The number of quaternary nitrogens is 1. The summed E-state index contributed by atoms with van der Waals surface area (Å²) in [6.07, 6.45) is 2.24. The van der Waals surface area contributed by atoms with E-state index in [4.69, 9.17) is 24.4 Å². The highest BCUT2D eigenvalue weighted by molar-refractivity contribution is 7.72. The normalized spacial score (nSPS) is 19.4. The van der Waals surface area contributed by atoms with E-state index in [2.05, 4.69) is 47.6 Å². The van der Waals surface area contributed by atoms with Gasteiger partial charge < -0.3 is 10.4 Å². The molecule has 174 valence electrons. The Kier molecular flexibility index (Phi) is 6.83. The van der Waals surface area contributed by atoms with Gasteiger partial charge in [-0.05, 0) is 69.3 Å². The molecule has 1 aliphatic rings. The zero-order valence-corrected chi connectivity index (χ0v) is 20.6. The Morgan fingerprint density at radius 3 is 2.45 bits per heavy atom. The number of aromatic amines is 2. The molecule has 2 heterocycles. The third kappa shape index (κ3) is 4.95. The average Bonchev–Trinajstić information content (AvgIpc) is 3.32. The molecule has 1 aromatic heterocycles. The van der Waals surface area contributed by atoms with Crippen molar-refractivity contribution in [2.75, 3.05) is 25.0 Å². The van der Waals surface area contributed by atoms with Crippen LogP contribution in [-0.2, 0) is 4.79 Å². The van der Waals surface area contributed by atoms with Crippen molar-refractivity contribution in [1.29, 1.82) is 0 Å². The molecular weight excluding hydrogens is 454 g/mol. The number of nitrogens with one attached hydrogen (secondary N) is 3. The number of aliphatic carboxylic acids is 1. The molecule has 0 bridgehead atoms. The van der Waals surface area contributed by atoms with Crippen LogP contribution in [0.25, 0.3) is 5.69 Å². The maximum Gasteiger partial charge on any atom is 0.309 e. The second kappa shape index (κ2) is 9.62. The minimum Gasteiger partial charge on any atom is -0.481 e. The van der Waals surface area contributed by atoms with Crippen LogP contribution in [0, 0.1) is 23.4 Å². The van der Waals surface area contributed by atoms with Crippen LogP contribution in [0.3, 0.4) is 0 Å². The van der Waals surface area contributed by atoms with Crippen LogP contribution in [0.2, 0.25) is 0 Å². The largest absolute Gasteiger partial charge is 0.481 e.